The Morgan fingerprint density at radius 2 is 2.15 bits per heavy atom. The van der Waals surface area contributed by atoms with Crippen LogP contribution in [0, 0.1) is 11.8 Å². The second-order valence-corrected chi connectivity index (χ2v) is 5.09. The second-order valence-electron chi connectivity index (χ2n) is 5.09. The van der Waals surface area contributed by atoms with Crippen LogP contribution in [0.25, 0.3) is 0 Å². The van der Waals surface area contributed by atoms with Crippen LogP contribution < -0.4 is 5.32 Å². The van der Waals surface area contributed by atoms with Crippen molar-refractivity contribution in [2.24, 2.45) is 11.8 Å². The lowest BCUT2D eigenvalue weighted by molar-refractivity contribution is 0.171. The lowest BCUT2D eigenvalue weighted by atomic mass is 9.96. The van der Waals surface area contributed by atoms with Crippen LogP contribution in [0.1, 0.15) is 26.7 Å². The molecule has 0 saturated carbocycles. The van der Waals surface area contributed by atoms with Gasteiger partial charge in [0.1, 0.15) is 0 Å². The van der Waals surface area contributed by atoms with Gasteiger partial charge >= 0.3 is 0 Å². The Morgan fingerprint density at radius 3 is 2.69 bits per heavy atom. The Bertz CT molecular complexity index is 163. The average Bonchev–Trinajstić information content (AvgIpc) is 2.31. The lowest BCUT2D eigenvalue weighted by Crippen LogP contribution is -2.56. The van der Waals surface area contributed by atoms with Crippen molar-refractivity contribution in [3.8, 4) is 0 Å². The van der Waals surface area contributed by atoms with Gasteiger partial charge in [-0.1, -0.05) is 13.8 Å². The van der Waals surface area contributed by atoms with Crippen molar-refractivity contribution in [3.63, 3.8) is 0 Å². The third-order valence-corrected chi connectivity index (χ3v) is 3.40. The first kappa shape index (κ1) is 9.47. The number of rotatable bonds is 3. The zero-order chi connectivity index (χ0) is 9.26. The monoisotopic (exact) mass is 182 g/mol. The summed E-state index contributed by atoms with van der Waals surface area (Å²) in [5.41, 5.74) is 0. The molecule has 13 heavy (non-hydrogen) atoms. The van der Waals surface area contributed by atoms with Gasteiger partial charge in [-0.2, -0.15) is 0 Å². The molecule has 2 fully saturated rings. The highest BCUT2D eigenvalue weighted by atomic mass is 15.2. The summed E-state index contributed by atoms with van der Waals surface area (Å²) in [6.45, 7) is 9.86. The molecule has 2 heterocycles. The van der Waals surface area contributed by atoms with Crippen molar-refractivity contribution in [3.05, 3.63) is 0 Å². The molecule has 0 spiro atoms. The molecule has 0 aromatic rings. The molecular weight excluding hydrogens is 160 g/mol. The van der Waals surface area contributed by atoms with E-state index < -0.39 is 0 Å². The highest BCUT2D eigenvalue weighted by Gasteiger charge is 2.31. The predicted octanol–water partition coefficient (Wildman–Crippen LogP) is 1.33. The van der Waals surface area contributed by atoms with E-state index in [1.54, 1.807) is 0 Å². The highest BCUT2D eigenvalue weighted by Crippen LogP contribution is 2.25. The second kappa shape index (κ2) is 3.97. The topological polar surface area (TPSA) is 15.3 Å². The van der Waals surface area contributed by atoms with E-state index in [-0.39, 0.29) is 0 Å². The molecule has 1 atom stereocenters. The van der Waals surface area contributed by atoms with Crippen LogP contribution in [-0.2, 0) is 0 Å². The lowest BCUT2D eigenvalue weighted by Gasteiger charge is -2.35. The van der Waals surface area contributed by atoms with E-state index >= 15 is 0 Å². The molecule has 0 aromatic heterocycles. The van der Waals surface area contributed by atoms with Crippen molar-refractivity contribution < 1.29 is 0 Å². The van der Waals surface area contributed by atoms with Gasteiger partial charge in [0.2, 0.25) is 0 Å². The molecule has 0 bridgehead atoms. The molecule has 2 nitrogen and oxygen atoms in total. The van der Waals surface area contributed by atoms with Gasteiger partial charge in [0, 0.05) is 25.7 Å². The SMILES string of the molecule is CC(C)CC1CCN(C2CNC2)C1. The molecule has 2 rings (SSSR count). The molecule has 2 aliphatic heterocycles. The van der Waals surface area contributed by atoms with Crippen LogP contribution in [0.2, 0.25) is 0 Å². The van der Waals surface area contributed by atoms with Gasteiger partial charge in [0.05, 0.1) is 0 Å². The highest BCUT2D eigenvalue weighted by molar-refractivity contribution is 4.89. The molecule has 2 aliphatic rings. The van der Waals surface area contributed by atoms with E-state index in [9.17, 15) is 0 Å². The summed E-state index contributed by atoms with van der Waals surface area (Å²) < 4.78 is 0. The smallest absolute Gasteiger partial charge is 0.0345 e. The first-order valence-electron chi connectivity index (χ1n) is 5.70. The van der Waals surface area contributed by atoms with E-state index in [1.165, 1.54) is 39.0 Å². The quantitative estimate of drug-likeness (QED) is 0.708. The Hall–Kier alpha value is -0.0800. The summed E-state index contributed by atoms with van der Waals surface area (Å²) in [6.07, 6.45) is 2.87. The molecule has 1 unspecified atom stereocenters. The Balaban J connectivity index is 1.73. The zero-order valence-electron chi connectivity index (χ0n) is 8.92. The standard InChI is InChI=1S/C11H22N2/c1-9(2)5-10-3-4-13(8-10)11-6-12-7-11/h9-12H,3-8H2,1-2H3. The molecule has 0 amide bonds. The third-order valence-electron chi connectivity index (χ3n) is 3.40. The number of hydrogen-bond acceptors (Lipinski definition) is 2. The molecule has 0 radical (unpaired) electrons. The summed E-state index contributed by atoms with van der Waals surface area (Å²) >= 11 is 0. The molecule has 0 aromatic carbocycles. The van der Waals surface area contributed by atoms with Gasteiger partial charge in [-0.05, 0) is 31.2 Å². The van der Waals surface area contributed by atoms with E-state index in [2.05, 4.69) is 24.1 Å². The fraction of sp³-hybridized carbons (Fsp3) is 1.00. The van der Waals surface area contributed by atoms with Gasteiger partial charge in [-0.15, -0.1) is 0 Å². The van der Waals surface area contributed by atoms with Crippen LogP contribution in [0.5, 0.6) is 0 Å². The van der Waals surface area contributed by atoms with Crippen LogP contribution in [-0.4, -0.2) is 37.1 Å². The van der Waals surface area contributed by atoms with Crippen molar-refractivity contribution >= 4 is 0 Å². The summed E-state index contributed by atoms with van der Waals surface area (Å²) in [6, 6.07) is 0.872. The van der Waals surface area contributed by atoms with E-state index in [1.807, 2.05) is 0 Å². The maximum Gasteiger partial charge on any atom is 0.0345 e. The minimum atomic E-state index is 0.872. The maximum absolute atomic E-state index is 3.35. The van der Waals surface area contributed by atoms with Gasteiger partial charge in [-0.3, -0.25) is 4.90 Å². The third kappa shape index (κ3) is 2.23. The maximum atomic E-state index is 3.35. The first-order chi connectivity index (χ1) is 6.25. The molecule has 0 aliphatic carbocycles. The van der Waals surface area contributed by atoms with Crippen molar-refractivity contribution in [1.82, 2.24) is 10.2 Å². The Morgan fingerprint density at radius 1 is 1.38 bits per heavy atom. The molecule has 76 valence electrons. The van der Waals surface area contributed by atoms with Crippen molar-refractivity contribution in [1.29, 1.82) is 0 Å². The Labute approximate surface area is 81.7 Å². The van der Waals surface area contributed by atoms with Crippen LogP contribution in [0.3, 0.4) is 0 Å². The van der Waals surface area contributed by atoms with Crippen molar-refractivity contribution in [2.75, 3.05) is 26.2 Å². The summed E-state index contributed by atoms with van der Waals surface area (Å²) in [5.74, 6) is 1.87. The number of likely N-dealkylation sites (tertiary alicyclic amines) is 1. The summed E-state index contributed by atoms with van der Waals surface area (Å²) in [5, 5.41) is 3.35. The molecular formula is C11H22N2. The predicted molar refractivity (Wildman–Crippen MR) is 55.8 cm³/mol. The fourth-order valence-corrected chi connectivity index (χ4v) is 2.58. The van der Waals surface area contributed by atoms with Crippen LogP contribution >= 0.6 is 0 Å². The normalized spacial score (nSPS) is 31.2. The largest absolute Gasteiger partial charge is 0.314 e. The first-order valence-corrected chi connectivity index (χ1v) is 5.70. The van der Waals surface area contributed by atoms with Crippen molar-refractivity contribution in [2.45, 2.75) is 32.7 Å². The van der Waals surface area contributed by atoms with E-state index in [4.69, 9.17) is 0 Å². The van der Waals surface area contributed by atoms with Gasteiger partial charge < -0.3 is 5.32 Å². The average molecular weight is 182 g/mol. The Kier molecular flexibility index (Phi) is 2.89. The van der Waals surface area contributed by atoms with Crippen LogP contribution in [0.15, 0.2) is 0 Å². The minimum absolute atomic E-state index is 0.872. The van der Waals surface area contributed by atoms with Gasteiger partial charge in [-0.25, -0.2) is 0 Å². The van der Waals surface area contributed by atoms with E-state index in [0.29, 0.717) is 0 Å². The zero-order valence-corrected chi connectivity index (χ0v) is 8.92. The molecule has 2 heteroatoms. The fourth-order valence-electron chi connectivity index (χ4n) is 2.58. The summed E-state index contributed by atoms with van der Waals surface area (Å²) in [4.78, 5) is 2.68. The van der Waals surface area contributed by atoms with Gasteiger partial charge in [0.25, 0.3) is 0 Å². The molecule has 2 saturated heterocycles. The minimum Gasteiger partial charge on any atom is -0.314 e. The number of nitrogens with one attached hydrogen (secondary N) is 1. The van der Waals surface area contributed by atoms with E-state index in [0.717, 1.165) is 17.9 Å². The van der Waals surface area contributed by atoms with Crippen LogP contribution in [0.4, 0.5) is 0 Å². The number of hydrogen-bond donors (Lipinski definition) is 1. The molecule has 1 N–H and O–H groups in total. The number of nitrogens with zero attached hydrogens (tertiary/aromatic N) is 1. The summed E-state index contributed by atoms with van der Waals surface area (Å²) in [7, 11) is 0. The van der Waals surface area contributed by atoms with Gasteiger partial charge in [0.15, 0.2) is 0 Å².